The molecular weight excluding hydrogens is 236 g/mol. The van der Waals surface area contributed by atoms with Crippen molar-refractivity contribution < 1.29 is 9.53 Å². The van der Waals surface area contributed by atoms with Crippen molar-refractivity contribution in [2.75, 3.05) is 6.61 Å². The number of benzene rings is 1. The third-order valence-electron chi connectivity index (χ3n) is 3.37. The number of Topliss-reactive ketones (excluding diaryl/α,β-unsaturated/α-hetero) is 1. The van der Waals surface area contributed by atoms with Crippen molar-refractivity contribution in [3.8, 4) is 0 Å². The van der Waals surface area contributed by atoms with Crippen LogP contribution >= 0.6 is 11.6 Å². The lowest BCUT2D eigenvalue weighted by Crippen LogP contribution is -2.35. The van der Waals surface area contributed by atoms with Gasteiger partial charge >= 0.3 is 0 Å². The second-order valence-corrected chi connectivity index (χ2v) is 5.28. The summed E-state index contributed by atoms with van der Waals surface area (Å²) in [4.78, 5) is 12.2. The molecule has 0 radical (unpaired) electrons. The predicted octanol–water partition coefficient (Wildman–Crippen LogP) is 3.33. The average Bonchev–Trinajstić information content (AvgIpc) is 2.71. The van der Waals surface area contributed by atoms with Gasteiger partial charge in [-0.15, -0.1) is 0 Å². The van der Waals surface area contributed by atoms with Crippen LogP contribution in [0.4, 0.5) is 0 Å². The first-order valence-corrected chi connectivity index (χ1v) is 6.31. The summed E-state index contributed by atoms with van der Waals surface area (Å²) in [5, 5.41) is 0.667. The van der Waals surface area contributed by atoms with Crippen LogP contribution in [0.25, 0.3) is 0 Å². The van der Waals surface area contributed by atoms with E-state index in [0.29, 0.717) is 18.1 Å². The molecule has 1 aliphatic heterocycles. The summed E-state index contributed by atoms with van der Waals surface area (Å²) in [5.74, 6) is 0.126. The lowest BCUT2D eigenvalue weighted by molar-refractivity contribution is -0.136. The predicted molar refractivity (Wildman–Crippen MR) is 68.5 cm³/mol. The summed E-state index contributed by atoms with van der Waals surface area (Å²) in [6, 6.07) is 5.79. The molecule has 3 heteroatoms. The Morgan fingerprint density at radius 3 is 2.88 bits per heavy atom. The molecule has 1 aromatic rings. The summed E-state index contributed by atoms with van der Waals surface area (Å²) in [6.07, 6.45) is 2.13. The molecular formula is C14H17ClO2. The number of carbonyl (C=O) groups excluding carboxylic acids is 1. The summed E-state index contributed by atoms with van der Waals surface area (Å²) < 4.78 is 5.55. The van der Waals surface area contributed by atoms with Crippen LogP contribution in [-0.2, 0) is 16.0 Å². The zero-order valence-corrected chi connectivity index (χ0v) is 11.0. The zero-order valence-electron chi connectivity index (χ0n) is 10.3. The Bertz CT molecular complexity index is 434. The van der Waals surface area contributed by atoms with E-state index in [1.54, 1.807) is 0 Å². The molecule has 1 saturated heterocycles. The van der Waals surface area contributed by atoms with E-state index in [0.717, 1.165) is 24.0 Å². The normalized spacial score (nSPS) is 23.9. The monoisotopic (exact) mass is 252 g/mol. The minimum Gasteiger partial charge on any atom is -0.367 e. The maximum Gasteiger partial charge on any atom is 0.168 e. The number of aryl methyl sites for hydroxylation is 1. The van der Waals surface area contributed by atoms with Crippen molar-refractivity contribution in [2.45, 2.75) is 38.7 Å². The number of rotatable bonds is 3. The topological polar surface area (TPSA) is 26.3 Å². The number of hydrogen-bond acceptors (Lipinski definition) is 2. The first-order valence-electron chi connectivity index (χ1n) is 5.93. The highest BCUT2D eigenvalue weighted by atomic mass is 35.5. The van der Waals surface area contributed by atoms with Gasteiger partial charge in [-0.05, 0) is 43.9 Å². The molecule has 2 rings (SSSR count). The highest BCUT2D eigenvalue weighted by Gasteiger charge is 2.37. The average molecular weight is 253 g/mol. The Morgan fingerprint density at radius 2 is 2.29 bits per heavy atom. The van der Waals surface area contributed by atoms with E-state index in [1.807, 2.05) is 32.0 Å². The molecule has 0 aromatic heterocycles. The van der Waals surface area contributed by atoms with E-state index in [9.17, 15) is 4.79 Å². The van der Waals surface area contributed by atoms with Crippen molar-refractivity contribution in [1.82, 2.24) is 0 Å². The standard InChI is InChI=1S/C14H17ClO2/c1-10-4-5-11(12(15)8-10)9-13(16)14(2)6-3-7-17-14/h4-5,8H,3,6-7,9H2,1-2H3. The first-order chi connectivity index (χ1) is 8.01. The smallest absolute Gasteiger partial charge is 0.168 e. The molecule has 2 nitrogen and oxygen atoms in total. The van der Waals surface area contributed by atoms with Crippen LogP contribution in [0.2, 0.25) is 5.02 Å². The van der Waals surface area contributed by atoms with Gasteiger partial charge in [-0.1, -0.05) is 23.7 Å². The van der Waals surface area contributed by atoms with Gasteiger partial charge in [-0.2, -0.15) is 0 Å². The number of ketones is 1. The minimum atomic E-state index is -0.603. The maximum absolute atomic E-state index is 12.2. The molecule has 92 valence electrons. The SMILES string of the molecule is Cc1ccc(CC(=O)C2(C)CCCO2)c(Cl)c1. The van der Waals surface area contributed by atoms with Crippen molar-refractivity contribution >= 4 is 17.4 Å². The maximum atomic E-state index is 12.2. The van der Waals surface area contributed by atoms with E-state index >= 15 is 0 Å². The lowest BCUT2D eigenvalue weighted by atomic mass is 9.92. The molecule has 1 atom stereocenters. The second-order valence-electron chi connectivity index (χ2n) is 4.88. The van der Waals surface area contributed by atoms with Crippen LogP contribution in [0.1, 0.15) is 30.9 Å². The number of carbonyl (C=O) groups is 1. The molecule has 0 aliphatic carbocycles. The van der Waals surface area contributed by atoms with Gasteiger partial charge in [0.2, 0.25) is 0 Å². The Labute approximate surface area is 107 Å². The van der Waals surface area contributed by atoms with Crippen molar-refractivity contribution in [2.24, 2.45) is 0 Å². The van der Waals surface area contributed by atoms with Crippen molar-refractivity contribution in [3.05, 3.63) is 34.3 Å². The number of ether oxygens (including phenoxy) is 1. The summed E-state index contributed by atoms with van der Waals surface area (Å²) in [7, 11) is 0. The highest BCUT2D eigenvalue weighted by molar-refractivity contribution is 6.31. The molecule has 0 amide bonds. The Kier molecular flexibility index (Phi) is 3.55. The van der Waals surface area contributed by atoms with Gasteiger partial charge in [-0.25, -0.2) is 0 Å². The molecule has 17 heavy (non-hydrogen) atoms. The van der Waals surface area contributed by atoms with Crippen LogP contribution in [0.5, 0.6) is 0 Å². The Morgan fingerprint density at radius 1 is 1.53 bits per heavy atom. The molecule has 1 aromatic carbocycles. The summed E-state index contributed by atoms with van der Waals surface area (Å²) >= 11 is 6.13. The second kappa shape index (κ2) is 4.79. The van der Waals surface area contributed by atoms with Gasteiger partial charge < -0.3 is 4.74 Å². The van der Waals surface area contributed by atoms with E-state index in [-0.39, 0.29) is 5.78 Å². The number of halogens is 1. The third kappa shape index (κ3) is 2.70. The van der Waals surface area contributed by atoms with Crippen molar-refractivity contribution in [1.29, 1.82) is 0 Å². The summed E-state index contributed by atoms with van der Waals surface area (Å²) in [5.41, 5.74) is 1.39. The molecule has 1 unspecified atom stereocenters. The lowest BCUT2D eigenvalue weighted by Gasteiger charge is -2.21. The molecule has 0 N–H and O–H groups in total. The van der Waals surface area contributed by atoms with E-state index < -0.39 is 5.60 Å². The van der Waals surface area contributed by atoms with Gasteiger partial charge in [0.05, 0.1) is 0 Å². The molecule has 1 fully saturated rings. The zero-order chi connectivity index (χ0) is 12.5. The van der Waals surface area contributed by atoms with Gasteiger partial charge in [0.1, 0.15) is 5.60 Å². The minimum absolute atomic E-state index is 0.126. The van der Waals surface area contributed by atoms with E-state index in [1.165, 1.54) is 0 Å². The largest absolute Gasteiger partial charge is 0.367 e. The molecule has 0 saturated carbocycles. The first kappa shape index (κ1) is 12.6. The van der Waals surface area contributed by atoms with E-state index in [4.69, 9.17) is 16.3 Å². The molecule has 0 bridgehead atoms. The van der Waals surface area contributed by atoms with Crippen LogP contribution in [-0.4, -0.2) is 18.0 Å². The Balaban J connectivity index is 2.13. The van der Waals surface area contributed by atoms with Crippen LogP contribution < -0.4 is 0 Å². The fraction of sp³-hybridized carbons (Fsp3) is 0.500. The van der Waals surface area contributed by atoms with Crippen LogP contribution in [0.15, 0.2) is 18.2 Å². The quantitative estimate of drug-likeness (QED) is 0.825. The number of hydrogen-bond donors (Lipinski definition) is 0. The molecule has 0 spiro atoms. The van der Waals surface area contributed by atoms with E-state index in [2.05, 4.69) is 0 Å². The van der Waals surface area contributed by atoms with Crippen LogP contribution in [0, 0.1) is 6.92 Å². The third-order valence-corrected chi connectivity index (χ3v) is 3.72. The fourth-order valence-electron chi connectivity index (χ4n) is 2.15. The van der Waals surface area contributed by atoms with Gasteiger partial charge in [0.25, 0.3) is 0 Å². The molecule has 1 aliphatic rings. The van der Waals surface area contributed by atoms with Crippen LogP contribution in [0.3, 0.4) is 0 Å². The summed E-state index contributed by atoms with van der Waals surface area (Å²) in [6.45, 7) is 4.55. The van der Waals surface area contributed by atoms with Gasteiger partial charge in [-0.3, -0.25) is 4.79 Å². The fourth-order valence-corrected chi connectivity index (χ4v) is 2.46. The van der Waals surface area contributed by atoms with Crippen molar-refractivity contribution in [3.63, 3.8) is 0 Å². The Hall–Kier alpha value is -0.860. The highest BCUT2D eigenvalue weighted by Crippen LogP contribution is 2.28. The van der Waals surface area contributed by atoms with Gasteiger partial charge in [0.15, 0.2) is 5.78 Å². The van der Waals surface area contributed by atoms with Gasteiger partial charge in [0, 0.05) is 18.1 Å². The molecule has 1 heterocycles.